The van der Waals surface area contributed by atoms with Crippen molar-refractivity contribution >= 4 is 29.1 Å². The van der Waals surface area contributed by atoms with E-state index in [0.29, 0.717) is 48.2 Å². The Morgan fingerprint density at radius 3 is 2.45 bits per heavy atom. The van der Waals surface area contributed by atoms with Crippen LogP contribution in [0.25, 0.3) is 5.76 Å². The van der Waals surface area contributed by atoms with Crippen molar-refractivity contribution in [3.05, 3.63) is 69.8 Å². The molecule has 0 saturated carbocycles. The largest absolute Gasteiger partial charge is 0.507 e. The highest BCUT2D eigenvalue weighted by atomic mass is 35.5. The van der Waals surface area contributed by atoms with E-state index in [1.54, 1.807) is 54.5 Å². The number of hydrogen-bond donors (Lipinski definition) is 1. The first-order valence-electron chi connectivity index (χ1n) is 10.9. The van der Waals surface area contributed by atoms with E-state index in [0.717, 1.165) is 18.7 Å². The van der Waals surface area contributed by atoms with E-state index in [-0.39, 0.29) is 11.3 Å². The lowest BCUT2D eigenvalue weighted by Gasteiger charge is -2.31. The van der Waals surface area contributed by atoms with Crippen molar-refractivity contribution in [2.45, 2.75) is 13.0 Å². The number of ether oxygens (including phenoxy) is 2. The number of carbonyl (C=O) groups is 2. The third-order valence-electron chi connectivity index (χ3n) is 6.18. The SMILES string of the molecule is COc1ccc(/C(O)=C2\C(=O)C(=O)N(CCN3CCOCC3)[C@@H]2c2ccc(Cl)cc2)c(C)c1. The molecule has 2 fully saturated rings. The number of hydrogen-bond acceptors (Lipinski definition) is 6. The smallest absolute Gasteiger partial charge is 0.295 e. The minimum Gasteiger partial charge on any atom is -0.507 e. The molecule has 2 saturated heterocycles. The third kappa shape index (κ3) is 4.76. The van der Waals surface area contributed by atoms with Crippen molar-refractivity contribution in [3.63, 3.8) is 0 Å². The Bertz CT molecular complexity index is 1080. The molecule has 0 unspecified atom stereocenters. The zero-order valence-electron chi connectivity index (χ0n) is 18.7. The summed E-state index contributed by atoms with van der Waals surface area (Å²) in [7, 11) is 1.56. The lowest BCUT2D eigenvalue weighted by Crippen LogP contribution is -2.42. The lowest BCUT2D eigenvalue weighted by atomic mass is 9.94. The van der Waals surface area contributed by atoms with Crippen LogP contribution in [0.4, 0.5) is 0 Å². The van der Waals surface area contributed by atoms with Crippen LogP contribution in [-0.4, -0.2) is 73.1 Å². The first-order chi connectivity index (χ1) is 15.9. The van der Waals surface area contributed by atoms with Gasteiger partial charge in [0.2, 0.25) is 0 Å². The second-order valence-electron chi connectivity index (χ2n) is 8.18. The average molecular weight is 471 g/mol. The zero-order chi connectivity index (χ0) is 23.5. The molecule has 2 aliphatic heterocycles. The third-order valence-corrected chi connectivity index (χ3v) is 6.43. The fourth-order valence-electron chi connectivity index (χ4n) is 4.35. The minimum absolute atomic E-state index is 0.0811. The maximum Gasteiger partial charge on any atom is 0.295 e. The second kappa shape index (κ2) is 9.95. The molecule has 2 aliphatic rings. The Hall–Kier alpha value is -2.87. The molecule has 0 bridgehead atoms. The van der Waals surface area contributed by atoms with E-state index in [1.807, 2.05) is 6.92 Å². The molecule has 0 radical (unpaired) electrons. The Morgan fingerprint density at radius 1 is 1.12 bits per heavy atom. The maximum atomic E-state index is 13.2. The quantitative estimate of drug-likeness (QED) is 0.396. The molecule has 174 valence electrons. The van der Waals surface area contributed by atoms with Crippen LogP contribution in [-0.2, 0) is 14.3 Å². The monoisotopic (exact) mass is 470 g/mol. The summed E-state index contributed by atoms with van der Waals surface area (Å²) >= 11 is 6.08. The number of rotatable bonds is 6. The number of Topliss-reactive ketones (excluding diaryl/α,β-unsaturated/α-hetero) is 1. The predicted molar refractivity (Wildman–Crippen MR) is 125 cm³/mol. The first kappa shape index (κ1) is 23.3. The number of halogens is 1. The molecular weight excluding hydrogens is 444 g/mol. The number of aliphatic hydroxyl groups is 1. The highest BCUT2D eigenvalue weighted by Gasteiger charge is 2.46. The number of methoxy groups -OCH3 is 1. The highest BCUT2D eigenvalue weighted by Crippen LogP contribution is 2.40. The normalized spacial score (nSPS) is 20.9. The highest BCUT2D eigenvalue weighted by molar-refractivity contribution is 6.46. The zero-order valence-corrected chi connectivity index (χ0v) is 19.5. The maximum absolute atomic E-state index is 13.2. The molecular formula is C25H27ClN2O5. The van der Waals surface area contributed by atoms with E-state index in [9.17, 15) is 14.7 Å². The molecule has 2 heterocycles. The van der Waals surface area contributed by atoms with Crippen molar-refractivity contribution in [2.75, 3.05) is 46.5 Å². The molecule has 1 atom stereocenters. The van der Waals surface area contributed by atoms with Crippen LogP contribution in [0.15, 0.2) is 48.0 Å². The van der Waals surface area contributed by atoms with Crippen molar-refractivity contribution in [1.29, 1.82) is 0 Å². The van der Waals surface area contributed by atoms with Gasteiger partial charge >= 0.3 is 0 Å². The summed E-state index contributed by atoms with van der Waals surface area (Å²) in [5.41, 5.74) is 2.02. The van der Waals surface area contributed by atoms with E-state index in [4.69, 9.17) is 21.1 Å². The Labute approximate surface area is 198 Å². The molecule has 2 aromatic rings. The number of carbonyl (C=O) groups excluding carboxylic acids is 2. The molecule has 2 aromatic carbocycles. The number of ketones is 1. The molecule has 7 nitrogen and oxygen atoms in total. The first-order valence-corrected chi connectivity index (χ1v) is 11.3. The number of amides is 1. The van der Waals surface area contributed by atoms with Gasteiger partial charge in [0.05, 0.1) is 31.9 Å². The topological polar surface area (TPSA) is 79.3 Å². The number of morpholine rings is 1. The van der Waals surface area contributed by atoms with E-state index in [2.05, 4.69) is 4.90 Å². The Balaban J connectivity index is 1.75. The van der Waals surface area contributed by atoms with Gasteiger partial charge in [0.25, 0.3) is 11.7 Å². The summed E-state index contributed by atoms with van der Waals surface area (Å²) in [6, 6.07) is 11.5. The summed E-state index contributed by atoms with van der Waals surface area (Å²) < 4.78 is 10.6. The number of aliphatic hydroxyl groups excluding tert-OH is 1. The standard InChI is InChI=1S/C25H27ClN2O5/c1-16-15-19(32-2)7-8-20(16)23(29)21-22(17-3-5-18(26)6-4-17)28(25(31)24(21)30)10-9-27-11-13-33-14-12-27/h3-8,15,22,29H,9-14H2,1-2H3/b23-21+/t22-/m1/s1. The number of benzene rings is 2. The van der Waals surface area contributed by atoms with Gasteiger partial charge in [-0.1, -0.05) is 23.7 Å². The van der Waals surface area contributed by atoms with Crippen LogP contribution < -0.4 is 4.74 Å². The molecule has 0 spiro atoms. The van der Waals surface area contributed by atoms with E-state index >= 15 is 0 Å². The Kier molecular flexibility index (Phi) is 7.02. The van der Waals surface area contributed by atoms with Gasteiger partial charge in [-0.05, 0) is 48.4 Å². The molecule has 0 aromatic heterocycles. The van der Waals surface area contributed by atoms with Crippen LogP contribution in [0, 0.1) is 6.92 Å². The Morgan fingerprint density at radius 2 is 1.82 bits per heavy atom. The number of nitrogens with zero attached hydrogens (tertiary/aromatic N) is 2. The second-order valence-corrected chi connectivity index (χ2v) is 8.62. The van der Waals surface area contributed by atoms with Gasteiger partial charge in [-0.3, -0.25) is 14.5 Å². The van der Waals surface area contributed by atoms with E-state index in [1.165, 1.54) is 0 Å². The molecule has 1 N–H and O–H groups in total. The van der Waals surface area contributed by atoms with Crippen LogP contribution in [0.3, 0.4) is 0 Å². The average Bonchev–Trinajstić information content (AvgIpc) is 3.08. The van der Waals surface area contributed by atoms with Crippen molar-refractivity contribution in [3.8, 4) is 5.75 Å². The van der Waals surface area contributed by atoms with Gasteiger partial charge in [-0.25, -0.2) is 0 Å². The van der Waals surface area contributed by atoms with Crippen LogP contribution in [0.5, 0.6) is 5.75 Å². The van der Waals surface area contributed by atoms with Crippen LogP contribution in [0.2, 0.25) is 5.02 Å². The predicted octanol–water partition coefficient (Wildman–Crippen LogP) is 3.41. The minimum atomic E-state index is -0.704. The van der Waals surface area contributed by atoms with E-state index < -0.39 is 17.7 Å². The summed E-state index contributed by atoms with van der Waals surface area (Å²) in [6.07, 6.45) is 0. The molecule has 4 rings (SSSR count). The summed E-state index contributed by atoms with van der Waals surface area (Å²) in [4.78, 5) is 30.0. The van der Waals surface area contributed by atoms with Gasteiger partial charge in [0.1, 0.15) is 11.5 Å². The van der Waals surface area contributed by atoms with Gasteiger partial charge in [0.15, 0.2) is 0 Å². The summed E-state index contributed by atoms with van der Waals surface area (Å²) in [6.45, 7) is 5.65. The fourth-order valence-corrected chi connectivity index (χ4v) is 4.48. The van der Waals surface area contributed by atoms with Gasteiger partial charge in [0, 0.05) is 36.8 Å². The van der Waals surface area contributed by atoms with Crippen molar-refractivity contribution in [1.82, 2.24) is 9.80 Å². The molecule has 1 amide bonds. The van der Waals surface area contributed by atoms with Crippen LogP contribution >= 0.6 is 11.6 Å². The number of likely N-dealkylation sites (tertiary alicyclic amines) is 1. The fraction of sp³-hybridized carbons (Fsp3) is 0.360. The van der Waals surface area contributed by atoms with Gasteiger partial charge in [-0.2, -0.15) is 0 Å². The summed E-state index contributed by atoms with van der Waals surface area (Å²) in [5.74, 6) is -0.854. The van der Waals surface area contributed by atoms with Crippen molar-refractivity contribution in [2.24, 2.45) is 0 Å². The summed E-state index contributed by atoms with van der Waals surface area (Å²) in [5, 5.41) is 11.8. The number of aryl methyl sites for hydroxylation is 1. The van der Waals surface area contributed by atoms with Crippen molar-refractivity contribution < 1.29 is 24.2 Å². The molecule has 8 heteroatoms. The molecule has 33 heavy (non-hydrogen) atoms. The van der Waals surface area contributed by atoms with Gasteiger partial charge < -0.3 is 19.5 Å². The van der Waals surface area contributed by atoms with Crippen LogP contribution in [0.1, 0.15) is 22.7 Å². The van der Waals surface area contributed by atoms with Gasteiger partial charge in [-0.15, -0.1) is 0 Å². The lowest BCUT2D eigenvalue weighted by molar-refractivity contribution is -0.140. The molecule has 0 aliphatic carbocycles.